The molecule has 4 N–H and O–H groups in total. The first-order valence-corrected chi connectivity index (χ1v) is 19.3. The largest absolute Gasteiger partial charge is 1.00 e. The van der Waals surface area contributed by atoms with Gasteiger partial charge in [-0.15, -0.1) is 0 Å². The minimum absolute atomic E-state index is 0. The van der Waals surface area contributed by atoms with Crippen LogP contribution in [0.25, 0.3) is 33.8 Å². The topological polar surface area (TPSA) is 210 Å². The van der Waals surface area contributed by atoms with Crippen LogP contribution in [0.1, 0.15) is 32.1 Å². The first kappa shape index (κ1) is 52.0. The number of ether oxygens (including phenoxy) is 3. The molecule has 0 spiro atoms. The number of morpholine rings is 2. The summed E-state index contributed by atoms with van der Waals surface area (Å²) in [5.74, 6) is -2.06. The molecule has 16 nitrogen and oxygen atoms in total. The van der Waals surface area contributed by atoms with Crippen LogP contribution >= 0.6 is 46.4 Å². The molecule has 2 aromatic carbocycles. The Labute approximate surface area is 389 Å². The Balaban J connectivity index is 0.000000268. The van der Waals surface area contributed by atoms with Crippen molar-refractivity contribution in [3.63, 3.8) is 0 Å². The molecule has 0 bridgehead atoms. The van der Waals surface area contributed by atoms with E-state index in [1.54, 1.807) is 9.80 Å². The van der Waals surface area contributed by atoms with Crippen LogP contribution in [0.4, 0.5) is 37.7 Å². The van der Waals surface area contributed by atoms with Gasteiger partial charge in [0.2, 0.25) is 0 Å². The first-order chi connectivity index (χ1) is 28.9. The third-order valence-electron chi connectivity index (χ3n) is 9.35. The van der Waals surface area contributed by atoms with Gasteiger partial charge in [-0.25, -0.2) is 28.6 Å². The average Bonchev–Trinajstić information content (AvgIpc) is 3.81. The number of methoxy groups -OCH3 is 1. The van der Waals surface area contributed by atoms with Crippen LogP contribution in [0.3, 0.4) is 0 Å². The Morgan fingerprint density at radius 3 is 1.33 bits per heavy atom. The number of aromatic nitrogens is 6. The standard InChI is InChI=1S/C19H15Cl2F3N4O3.C18H13Cl2F3N4O3.Li.2H2O/c1-30-18(29)13-9-25-28-14(10-6-11(20)8-12(21)7-10)16(19(22,23)24)26-17(28)15(13)27-2-4-31-5-3-27;19-10-5-9(6-11(20)7-10)13-15(18(21,22)23)25-16-14(26-1-3-30-4-2-26)12(17(28)29)8-24-27(13)16;;;/h6-9H,2-5H2,1H3;5-8H,1-4H2,(H,28,29);;2*1H2/q;;+1;;/p-1. The van der Waals surface area contributed by atoms with Crippen LogP contribution in [-0.2, 0) is 26.6 Å². The number of imidazole rings is 2. The summed E-state index contributed by atoms with van der Waals surface area (Å²) >= 11 is 24.0. The molecule has 0 atom stereocenters. The van der Waals surface area contributed by atoms with Crippen LogP contribution < -0.4 is 28.7 Å². The van der Waals surface area contributed by atoms with Crippen LogP contribution in [0.15, 0.2) is 48.8 Å². The summed E-state index contributed by atoms with van der Waals surface area (Å²) in [6.07, 6.45) is -7.45. The molecule has 0 unspecified atom stereocenters. The van der Waals surface area contributed by atoms with Crippen molar-refractivity contribution in [1.29, 1.82) is 0 Å². The van der Waals surface area contributed by atoms with Gasteiger partial charge in [0.15, 0.2) is 22.7 Å². The minimum atomic E-state index is -4.83. The minimum Gasteiger partial charge on any atom is -0.870 e. The smallest absolute Gasteiger partial charge is 0.870 e. The maximum absolute atomic E-state index is 14.0. The molecule has 338 valence electrons. The Morgan fingerprint density at radius 1 is 0.656 bits per heavy atom. The number of nitrogens with zero attached hydrogens (tertiary/aromatic N) is 8. The molecule has 2 aliphatic rings. The van der Waals surface area contributed by atoms with Crippen molar-refractivity contribution < 1.29 is 85.1 Å². The van der Waals surface area contributed by atoms with Crippen LogP contribution in [0, 0.1) is 0 Å². The number of anilines is 2. The quantitative estimate of drug-likeness (QED) is 0.138. The summed E-state index contributed by atoms with van der Waals surface area (Å²) < 4.78 is 101. The van der Waals surface area contributed by atoms with Gasteiger partial charge >= 0.3 is 43.2 Å². The molecule has 0 aliphatic carbocycles. The predicted molar refractivity (Wildman–Crippen MR) is 217 cm³/mol. The zero-order valence-electron chi connectivity index (χ0n) is 33.1. The molecule has 27 heteroatoms. The number of fused-ring (bicyclic) bond motifs is 2. The Kier molecular flexibility index (Phi) is 16.8. The maximum Gasteiger partial charge on any atom is 1.00 e. The van der Waals surface area contributed by atoms with Crippen molar-refractivity contribution in [2.45, 2.75) is 12.4 Å². The van der Waals surface area contributed by atoms with E-state index >= 15 is 0 Å². The van der Waals surface area contributed by atoms with Crippen molar-refractivity contribution in [3.05, 3.63) is 91.4 Å². The Bertz CT molecular complexity index is 2640. The summed E-state index contributed by atoms with van der Waals surface area (Å²) in [6.45, 7) is 2.61. The van der Waals surface area contributed by atoms with E-state index in [0.717, 1.165) is 15.2 Å². The molecule has 6 heterocycles. The van der Waals surface area contributed by atoms with E-state index in [2.05, 4.69) is 20.2 Å². The predicted octanol–water partition coefficient (Wildman–Crippen LogP) is 4.60. The number of carbonyl (C=O) groups is 2. The summed E-state index contributed by atoms with van der Waals surface area (Å²) in [4.78, 5) is 35.1. The molecule has 2 aliphatic heterocycles. The van der Waals surface area contributed by atoms with E-state index in [9.17, 15) is 41.0 Å². The molecule has 0 saturated carbocycles. The monoisotopic (exact) mass is 976 g/mol. The fourth-order valence-corrected chi connectivity index (χ4v) is 7.91. The van der Waals surface area contributed by atoms with Gasteiger partial charge in [0.25, 0.3) is 0 Å². The molecule has 4 aromatic heterocycles. The fraction of sp³-hybridized carbons (Fsp3) is 0.297. The number of halogens is 10. The Hall–Kier alpha value is -4.60. The van der Waals surface area contributed by atoms with Gasteiger partial charge in [-0.05, 0) is 36.4 Å². The van der Waals surface area contributed by atoms with Crippen LogP contribution in [0.2, 0.25) is 20.1 Å². The third kappa shape index (κ3) is 10.6. The van der Waals surface area contributed by atoms with Gasteiger partial charge in [0.1, 0.15) is 22.5 Å². The molecular formula is C37H31Cl4F6LiN8O8. The van der Waals surface area contributed by atoms with Gasteiger partial charge in [0.05, 0.1) is 57.3 Å². The number of esters is 1. The molecule has 0 amide bonds. The molecule has 6 aromatic rings. The van der Waals surface area contributed by atoms with Crippen molar-refractivity contribution in [3.8, 4) is 22.5 Å². The number of aromatic carboxylic acids is 1. The second-order valence-electron chi connectivity index (χ2n) is 13.2. The molecule has 8 rings (SSSR count). The van der Waals surface area contributed by atoms with Gasteiger partial charge in [0, 0.05) is 57.4 Å². The first-order valence-electron chi connectivity index (χ1n) is 17.7. The average molecular weight is 978 g/mol. The number of alkyl halides is 6. The van der Waals surface area contributed by atoms with E-state index < -0.39 is 35.7 Å². The molecule has 64 heavy (non-hydrogen) atoms. The van der Waals surface area contributed by atoms with Crippen molar-refractivity contribution in [2.75, 3.05) is 69.5 Å². The van der Waals surface area contributed by atoms with Crippen LogP contribution in [-0.4, -0.2) is 117 Å². The van der Waals surface area contributed by atoms with E-state index in [0.29, 0.717) is 52.6 Å². The summed E-state index contributed by atoms with van der Waals surface area (Å²) in [5.41, 5.74) is -3.34. The van der Waals surface area contributed by atoms with E-state index in [4.69, 9.17) is 60.6 Å². The summed E-state index contributed by atoms with van der Waals surface area (Å²) in [5, 5.41) is 18.2. The molecular weight excluding hydrogens is 947 g/mol. The summed E-state index contributed by atoms with van der Waals surface area (Å²) in [6, 6.07) is 8.11. The number of hydrogen-bond acceptors (Lipinski definition) is 12. The molecule has 2 saturated heterocycles. The van der Waals surface area contributed by atoms with Crippen molar-refractivity contribution in [2.24, 2.45) is 0 Å². The van der Waals surface area contributed by atoms with Crippen molar-refractivity contribution in [1.82, 2.24) is 29.2 Å². The Morgan fingerprint density at radius 2 is 1.00 bits per heavy atom. The van der Waals surface area contributed by atoms with Gasteiger partial charge < -0.3 is 40.1 Å². The summed E-state index contributed by atoms with van der Waals surface area (Å²) in [7, 11) is 1.18. The second kappa shape index (κ2) is 20.7. The number of carboxylic acid groups (broad SMARTS) is 1. The van der Waals surface area contributed by atoms with E-state index in [1.165, 1.54) is 49.7 Å². The maximum atomic E-state index is 14.0. The SMILES string of the molecule is COC(=O)c1cnn2c(-c3cc(Cl)cc(Cl)c3)c(C(F)(F)F)nc2c1N1CCOCC1.O.O=C(O)c1cnn2c(-c3cc(Cl)cc(Cl)c3)c(C(F)(F)F)nc2c1N1CCOCC1.[Li+].[OH-]. The molecule has 0 radical (unpaired) electrons. The molecule has 2 fully saturated rings. The number of benzene rings is 2. The normalized spacial score (nSPS) is 14.2. The van der Waals surface area contributed by atoms with Gasteiger partial charge in [-0.1, -0.05) is 46.4 Å². The van der Waals surface area contributed by atoms with E-state index in [-0.39, 0.29) is 106 Å². The van der Waals surface area contributed by atoms with Crippen molar-refractivity contribution >= 4 is 81.0 Å². The van der Waals surface area contributed by atoms with Crippen LogP contribution in [0.5, 0.6) is 0 Å². The number of hydrogen-bond donors (Lipinski definition) is 1. The third-order valence-corrected chi connectivity index (χ3v) is 10.2. The number of rotatable bonds is 6. The van der Waals surface area contributed by atoms with E-state index in [1.807, 2.05) is 0 Å². The second-order valence-corrected chi connectivity index (χ2v) is 15.0. The fourth-order valence-electron chi connectivity index (χ4n) is 6.86. The van der Waals surface area contributed by atoms with Gasteiger partial charge in [-0.3, -0.25) is 0 Å². The number of carbonyl (C=O) groups excluding carboxylic acids is 1. The van der Waals surface area contributed by atoms with Gasteiger partial charge in [-0.2, -0.15) is 36.5 Å². The zero-order valence-corrected chi connectivity index (χ0v) is 36.1. The zero-order chi connectivity index (χ0) is 44.0. The number of carboxylic acids is 1.